The van der Waals surface area contributed by atoms with Gasteiger partial charge in [-0.2, -0.15) is 4.98 Å². The zero-order valence-electron chi connectivity index (χ0n) is 14.6. The third kappa shape index (κ3) is 5.59. The SMILES string of the molecule is CCCc1cc(=O)[nH]c(SCc2nc(-c3ccc(OC(F)(F)F)cc3)no2)n1. The van der Waals surface area contributed by atoms with Gasteiger partial charge in [0.05, 0.1) is 5.75 Å². The first-order valence-corrected chi connectivity index (χ1v) is 9.23. The molecule has 0 saturated heterocycles. The van der Waals surface area contributed by atoms with Crippen LogP contribution in [-0.2, 0) is 12.2 Å². The molecule has 3 aromatic rings. The Labute approximate surface area is 161 Å². The molecule has 1 N–H and O–H groups in total. The van der Waals surface area contributed by atoms with Gasteiger partial charge in [0.25, 0.3) is 5.56 Å². The highest BCUT2D eigenvalue weighted by atomic mass is 32.2. The zero-order chi connectivity index (χ0) is 20.1. The Kier molecular flexibility index (Phi) is 6.02. The molecule has 3 rings (SSSR count). The molecule has 0 unspecified atom stereocenters. The lowest BCUT2D eigenvalue weighted by atomic mass is 10.2. The predicted octanol–water partition coefficient (Wildman–Crippen LogP) is 3.96. The van der Waals surface area contributed by atoms with Gasteiger partial charge in [-0.3, -0.25) is 4.79 Å². The second-order valence-electron chi connectivity index (χ2n) is 5.66. The minimum absolute atomic E-state index is 0.228. The second kappa shape index (κ2) is 8.46. The van der Waals surface area contributed by atoms with Crippen LogP contribution in [0.4, 0.5) is 13.2 Å². The van der Waals surface area contributed by atoms with Crippen LogP contribution in [0.15, 0.2) is 44.8 Å². The second-order valence-corrected chi connectivity index (χ2v) is 6.63. The van der Waals surface area contributed by atoms with Crippen molar-refractivity contribution in [1.82, 2.24) is 20.1 Å². The average molecular weight is 412 g/mol. The number of hydrogen-bond acceptors (Lipinski definition) is 7. The minimum atomic E-state index is -4.75. The fourth-order valence-corrected chi connectivity index (χ4v) is 3.03. The number of halogens is 3. The van der Waals surface area contributed by atoms with E-state index in [1.54, 1.807) is 0 Å². The van der Waals surface area contributed by atoms with Gasteiger partial charge >= 0.3 is 6.36 Å². The summed E-state index contributed by atoms with van der Waals surface area (Å²) in [6.07, 6.45) is -3.17. The molecule has 2 heterocycles. The maximum absolute atomic E-state index is 12.2. The average Bonchev–Trinajstić information content (AvgIpc) is 3.08. The fourth-order valence-electron chi connectivity index (χ4n) is 2.30. The lowest BCUT2D eigenvalue weighted by molar-refractivity contribution is -0.274. The van der Waals surface area contributed by atoms with Crippen molar-refractivity contribution in [2.24, 2.45) is 0 Å². The molecule has 0 atom stereocenters. The molecule has 0 radical (unpaired) electrons. The molecule has 0 aliphatic heterocycles. The number of rotatable bonds is 7. The van der Waals surface area contributed by atoms with E-state index in [0.29, 0.717) is 28.7 Å². The summed E-state index contributed by atoms with van der Waals surface area (Å²) >= 11 is 1.24. The van der Waals surface area contributed by atoms with E-state index in [4.69, 9.17) is 4.52 Å². The maximum Gasteiger partial charge on any atom is 0.573 e. The number of thioether (sulfide) groups is 1. The molecular formula is C17H15F3N4O3S. The predicted molar refractivity (Wildman–Crippen MR) is 94.8 cm³/mol. The fraction of sp³-hybridized carbons (Fsp3) is 0.294. The summed E-state index contributed by atoms with van der Waals surface area (Å²) in [7, 11) is 0. The first kappa shape index (κ1) is 19.9. The molecule has 0 fully saturated rings. The summed E-state index contributed by atoms with van der Waals surface area (Å²) in [6.45, 7) is 2.00. The lowest BCUT2D eigenvalue weighted by Crippen LogP contribution is -2.16. The summed E-state index contributed by atoms with van der Waals surface area (Å²) in [4.78, 5) is 22.9. The molecule has 148 valence electrons. The molecule has 1 aromatic carbocycles. The number of benzene rings is 1. The molecule has 11 heteroatoms. The third-order valence-electron chi connectivity index (χ3n) is 3.43. The Morgan fingerprint density at radius 3 is 2.64 bits per heavy atom. The molecular weight excluding hydrogens is 397 g/mol. The van der Waals surface area contributed by atoms with Gasteiger partial charge in [0.15, 0.2) is 5.16 Å². The van der Waals surface area contributed by atoms with Crippen molar-refractivity contribution in [3.63, 3.8) is 0 Å². The van der Waals surface area contributed by atoms with E-state index in [-0.39, 0.29) is 22.9 Å². The molecule has 0 aliphatic rings. The summed E-state index contributed by atoms with van der Waals surface area (Å²) in [5.74, 6) is 0.466. The third-order valence-corrected chi connectivity index (χ3v) is 4.28. The summed E-state index contributed by atoms with van der Waals surface area (Å²) < 4.78 is 45.5. The van der Waals surface area contributed by atoms with Gasteiger partial charge in [0.1, 0.15) is 5.75 Å². The van der Waals surface area contributed by atoms with Crippen molar-refractivity contribution in [1.29, 1.82) is 0 Å². The highest BCUT2D eigenvalue weighted by Gasteiger charge is 2.31. The van der Waals surface area contributed by atoms with E-state index in [1.165, 1.54) is 42.1 Å². The van der Waals surface area contributed by atoms with Gasteiger partial charge in [-0.15, -0.1) is 13.2 Å². The van der Waals surface area contributed by atoms with Gasteiger partial charge in [-0.25, -0.2) is 4.98 Å². The number of ether oxygens (including phenoxy) is 1. The van der Waals surface area contributed by atoms with E-state index >= 15 is 0 Å². The van der Waals surface area contributed by atoms with E-state index in [9.17, 15) is 18.0 Å². The highest BCUT2D eigenvalue weighted by molar-refractivity contribution is 7.98. The number of H-pyrrole nitrogens is 1. The molecule has 28 heavy (non-hydrogen) atoms. The van der Waals surface area contributed by atoms with E-state index in [1.807, 2.05) is 6.92 Å². The van der Waals surface area contributed by atoms with Crippen LogP contribution in [0.2, 0.25) is 0 Å². The van der Waals surface area contributed by atoms with Gasteiger partial charge in [-0.05, 0) is 30.7 Å². The molecule has 0 spiro atoms. The lowest BCUT2D eigenvalue weighted by Gasteiger charge is -2.08. The number of alkyl halides is 3. The zero-order valence-corrected chi connectivity index (χ0v) is 15.4. The van der Waals surface area contributed by atoms with Crippen LogP contribution in [0.1, 0.15) is 24.9 Å². The standard InChI is InChI=1S/C17H15F3N4O3S/c1-2-3-11-8-13(25)22-16(21-11)28-9-14-23-15(24-27-14)10-4-6-12(7-5-10)26-17(18,19)20/h4-8H,2-3,9H2,1H3,(H,21,22,25). The van der Waals surface area contributed by atoms with E-state index in [2.05, 4.69) is 24.8 Å². The quantitative estimate of drug-likeness (QED) is 0.464. The van der Waals surface area contributed by atoms with Crippen LogP contribution >= 0.6 is 11.8 Å². The number of nitrogens with one attached hydrogen (secondary N) is 1. The van der Waals surface area contributed by atoms with Gasteiger partial charge in [0.2, 0.25) is 11.7 Å². The summed E-state index contributed by atoms with van der Waals surface area (Å²) in [6, 6.07) is 6.60. The number of nitrogens with zero attached hydrogens (tertiary/aromatic N) is 3. The van der Waals surface area contributed by atoms with Crippen molar-refractivity contribution >= 4 is 11.8 Å². The minimum Gasteiger partial charge on any atom is -0.406 e. The van der Waals surface area contributed by atoms with Gasteiger partial charge in [-0.1, -0.05) is 30.3 Å². The Morgan fingerprint density at radius 2 is 1.96 bits per heavy atom. The molecule has 0 saturated carbocycles. The van der Waals surface area contributed by atoms with Crippen molar-refractivity contribution in [3.05, 3.63) is 52.3 Å². The smallest absolute Gasteiger partial charge is 0.406 e. The van der Waals surface area contributed by atoms with Crippen molar-refractivity contribution in [3.8, 4) is 17.1 Å². The Morgan fingerprint density at radius 1 is 1.21 bits per heavy atom. The monoisotopic (exact) mass is 412 g/mol. The Balaban J connectivity index is 1.65. The molecule has 0 bridgehead atoms. The number of aromatic amines is 1. The largest absolute Gasteiger partial charge is 0.573 e. The normalized spacial score (nSPS) is 11.6. The van der Waals surface area contributed by atoms with Crippen LogP contribution in [0.25, 0.3) is 11.4 Å². The Hall–Kier alpha value is -2.82. The van der Waals surface area contributed by atoms with Crippen LogP contribution < -0.4 is 10.3 Å². The first-order valence-electron chi connectivity index (χ1n) is 8.24. The van der Waals surface area contributed by atoms with E-state index < -0.39 is 6.36 Å². The topological polar surface area (TPSA) is 93.9 Å². The highest BCUT2D eigenvalue weighted by Crippen LogP contribution is 2.26. The van der Waals surface area contributed by atoms with Crippen molar-refractivity contribution in [2.75, 3.05) is 0 Å². The van der Waals surface area contributed by atoms with Crippen molar-refractivity contribution < 1.29 is 22.4 Å². The summed E-state index contributed by atoms with van der Waals surface area (Å²) in [5.41, 5.74) is 0.959. The van der Waals surface area contributed by atoms with Crippen LogP contribution in [0.5, 0.6) is 5.75 Å². The van der Waals surface area contributed by atoms with Crippen LogP contribution in [0.3, 0.4) is 0 Å². The molecule has 2 aromatic heterocycles. The number of aryl methyl sites for hydroxylation is 1. The molecule has 0 aliphatic carbocycles. The Bertz CT molecular complexity index is 986. The van der Waals surface area contributed by atoms with Gasteiger partial charge < -0.3 is 14.2 Å². The summed E-state index contributed by atoms with van der Waals surface area (Å²) in [5, 5.41) is 4.26. The van der Waals surface area contributed by atoms with Crippen LogP contribution in [-0.4, -0.2) is 26.5 Å². The molecule has 0 amide bonds. The van der Waals surface area contributed by atoms with Crippen LogP contribution in [0, 0.1) is 0 Å². The maximum atomic E-state index is 12.2. The molecule has 7 nitrogen and oxygen atoms in total. The van der Waals surface area contributed by atoms with Crippen molar-refractivity contribution in [2.45, 2.75) is 37.0 Å². The van der Waals surface area contributed by atoms with Gasteiger partial charge in [0, 0.05) is 17.3 Å². The number of hydrogen-bond donors (Lipinski definition) is 1. The van der Waals surface area contributed by atoms with E-state index in [0.717, 1.165) is 6.42 Å². The number of aromatic nitrogens is 4. The first-order chi connectivity index (χ1) is 13.3.